The lowest BCUT2D eigenvalue weighted by Gasteiger charge is -2.36. The number of halogens is 1. The molecule has 4 rings (SSSR count). The number of aromatic nitrogens is 1. The first-order chi connectivity index (χ1) is 17.7. The topological polar surface area (TPSA) is 160 Å². The number of nitrogens with zero attached hydrogens (tertiary/aromatic N) is 3. The second-order valence-corrected chi connectivity index (χ2v) is 9.43. The summed E-state index contributed by atoms with van der Waals surface area (Å²) in [6.45, 7) is 4.93. The summed E-state index contributed by atoms with van der Waals surface area (Å²) in [6.07, 6.45) is -3.58. The lowest BCUT2D eigenvalue weighted by Crippen LogP contribution is -2.46. The van der Waals surface area contributed by atoms with E-state index in [9.17, 15) is 14.0 Å². The number of benzene rings is 2. The van der Waals surface area contributed by atoms with E-state index in [0.29, 0.717) is 5.13 Å². The smallest absolute Gasteiger partial charge is 0.335 e. The standard InChI is InChI=1S/C21H23FN4S.C4H6O6/c22-17-6-8-18(9-7-17)26-14-12-25(13-15-26)11-10-19-20(24-21(23)27-19)16-4-2-1-3-5-16;5-1(3(7)8)2(6)4(9)10/h1-9H,10-15H2,(H2,23,24);1-2,5-6H,(H,7,8)(H,9,10). The number of anilines is 2. The maximum Gasteiger partial charge on any atom is 0.335 e. The van der Waals surface area contributed by atoms with Gasteiger partial charge in [0.1, 0.15) is 5.82 Å². The Morgan fingerprint density at radius 1 is 0.946 bits per heavy atom. The monoisotopic (exact) mass is 532 g/mol. The second kappa shape index (κ2) is 13.1. The molecule has 1 aromatic heterocycles. The third-order valence-electron chi connectivity index (χ3n) is 5.79. The number of aliphatic carboxylic acids is 2. The van der Waals surface area contributed by atoms with Crippen molar-refractivity contribution in [1.82, 2.24) is 9.88 Å². The molecule has 1 aliphatic heterocycles. The van der Waals surface area contributed by atoms with Crippen LogP contribution in [0.2, 0.25) is 0 Å². The Labute approximate surface area is 217 Å². The average Bonchev–Trinajstić information content (AvgIpc) is 3.28. The molecule has 198 valence electrons. The van der Waals surface area contributed by atoms with Gasteiger partial charge in [0.25, 0.3) is 0 Å². The van der Waals surface area contributed by atoms with Crippen LogP contribution in [0.4, 0.5) is 15.2 Å². The molecular weight excluding hydrogens is 503 g/mol. The van der Waals surface area contributed by atoms with Gasteiger partial charge in [-0.05, 0) is 30.7 Å². The van der Waals surface area contributed by atoms with Crippen molar-refractivity contribution in [2.45, 2.75) is 18.6 Å². The second-order valence-electron chi connectivity index (χ2n) is 8.31. The number of hydrogen-bond acceptors (Lipinski definition) is 9. The van der Waals surface area contributed by atoms with E-state index in [0.717, 1.165) is 56.1 Å². The van der Waals surface area contributed by atoms with Crippen molar-refractivity contribution in [3.63, 3.8) is 0 Å². The van der Waals surface area contributed by atoms with Crippen molar-refractivity contribution in [1.29, 1.82) is 0 Å². The molecule has 0 bridgehead atoms. The number of carboxylic acids is 2. The van der Waals surface area contributed by atoms with Crippen LogP contribution in [0.5, 0.6) is 0 Å². The predicted octanol–water partition coefficient (Wildman–Crippen LogP) is 1.77. The van der Waals surface area contributed by atoms with Crippen molar-refractivity contribution >= 4 is 34.1 Å². The highest BCUT2D eigenvalue weighted by Crippen LogP contribution is 2.30. The zero-order valence-electron chi connectivity index (χ0n) is 19.9. The lowest BCUT2D eigenvalue weighted by molar-refractivity contribution is -0.165. The fraction of sp³-hybridized carbons (Fsp3) is 0.320. The quantitative estimate of drug-likeness (QED) is 0.289. The molecule has 2 heterocycles. The van der Waals surface area contributed by atoms with Crippen LogP contribution in [0.1, 0.15) is 4.88 Å². The van der Waals surface area contributed by atoms with E-state index in [1.165, 1.54) is 17.0 Å². The molecule has 6 N–H and O–H groups in total. The molecule has 2 unspecified atom stereocenters. The Kier molecular flexibility index (Phi) is 9.92. The summed E-state index contributed by atoms with van der Waals surface area (Å²) >= 11 is 1.59. The third kappa shape index (κ3) is 7.95. The van der Waals surface area contributed by atoms with Gasteiger partial charge in [-0.2, -0.15) is 0 Å². The predicted molar refractivity (Wildman–Crippen MR) is 138 cm³/mol. The Morgan fingerprint density at radius 3 is 2.05 bits per heavy atom. The normalized spacial score (nSPS) is 15.4. The average molecular weight is 533 g/mol. The molecule has 0 aliphatic carbocycles. The summed E-state index contributed by atoms with van der Waals surface area (Å²) in [6, 6.07) is 17.0. The zero-order chi connectivity index (χ0) is 26.9. The lowest BCUT2D eigenvalue weighted by atomic mass is 10.1. The molecule has 0 spiro atoms. The number of aliphatic hydroxyl groups excluding tert-OH is 2. The van der Waals surface area contributed by atoms with Gasteiger partial charge < -0.3 is 31.1 Å². The summed E-state index contributed by atoms with van der Waals surface area (Å²) in [5.41, 5.74) is 9.22. The summed E-state index contributed by atoms with van der Waals surface area (Å²) in [4.78, 5) is 30.1. The number of hydrogen-bond donors (Lipinski definition) is 5. The van der Waals surface area contributed by atoms with Crippen molar-refractivity contribution in [2.24, 2.45) is 0 Å². The van der Waals surface area contributed by atoms with Crippen LogP contribution in [0.3, 0.4) is 0 Å². The van der Waals surface area contributed by atoms with Gasteiger partial charge in [0.2, 0.25) is 0 Å². The Hall–Kier alpha value is -3.58. The number of piperazine rings is 1. The summed E-state index contributed by atoms with van der Waals surface area (Å²) < 4.78 is 13.1. The Bertz CT molecular complexity index is 1150. The van der Waals surface area contributed by atoms with Crippen LogP contribution in [-0.2, 0) is 16.0 Å². The van der Waals surface area contributed by atoms with Gasteiger partial charge in [-0.3, -0.25) is 4.90 Å². The number of carboxylic acid groups (broad SMARTS) is 2. The molecule has 2 atom stereocenters. The number of carbonyl (C=O) groups is 2. The minimum atomic E-state index is -2.27. The van der Waals surface area contributed by atoms with E-state index in [2.05, 4.69) is 26.9 Å². The molecule has 10 nitrogen and oxygen atoms in total. The molecule has 37 heavy (non-hydrogen) atoms. The highest BCUT2D eigenvalue weighted by atomic mass is 32.1. The van der Waals surface area contributed by atoms with Crippen LogP contribution in [0.25, 0.3) is 11.3 Å². The first-order valence-corrected chi connectivity index (χ1v) is 12.3. The molecule has 1 aliphatic rings. The first-order valence-electron chi connectivity index (χ1n) is 11.5. The van der Waals surface area contributed by atoms with Gasteiger partial charge in [0.15, 0.2) is 17.3 Å². The van der Waals surface area contributed by atoms with Crippen LogP contribution in [-0.4, -0.2) is 87.2 Å². The summed E-state index contributed by atoms with van der Waals surface area (Å²) in [5.74, 6) is -3.72. The SMILES string of the molecule is Nc1nc(-c2ccccc2)c(CCN2CCN(c3ccc(F)cc3)CC2)s1.O=C(O)C(O)C(O)C(=O)O. The van der Waals surface area contributed by atoms with Gasteiger partial charge >= 0.3 is 11.9 Å². The van der Waals surface area contributed by atoms with Gasteiger partial charge in [-0.1, -0.05) is 30.3 Å². The minimum absolute atomic E-state index is 0.185. The van der Waals surface area contributed by atoms with Crippen LogP contribution < -0.4 is 10.6 Å². The van der Waals surface area contributed by atoms with Gasteiger partial charge in [-0.25, -0.2) is 19.0 Å². The van der Waals surface area contributed by atoms with Crippen LogP contribution in [0.15, 0.2) is 54.6 Å². The molecule has 1 saturated heterocycles. The van der Waals surface area contributed by atoms with Gasteiger partial charge in [0.05, 0.1) is 5.69 Å². The fourth-order valence-corrected chi connectivity index (χ4v) is 4.62. The van der Waals surface area contributed by atoms with Crippen molar-refractivity contribution in [3.8, 4) is 11.3 Å². The molecule has 0 amide bonds. The van der Waals surface area contributed by atoms with Crippen LogP contribution >= 0.6 is 11.3 Å². The molecule has 2 aromatic carbocycles. The molecule has 3 aromatic rings. The Morgan fingerprint density at radius 2 is 1.51 bits per heavy atom. The van der Waals surface area contributed by atoms with Gasteiger partial charge in [-0.15, -0.1) is 11.3 Å². The van der Waals surface area contributed by atoms with Gasteiger partial charge in [0, 0.05) is 48.9 Å². The number of rotatable bonds is 8. The highest BCUT2D eigenvalue weighted by Gasteiger charge is 2.29. The van der Waals surface area contributed by atoms with Crippen molar-refractivity contribution < 1.29 is 34.4 Å². The van der Waals surface area contributed by atoms with E-state index in [-0.39, 0.29) is 5.82 Å². The third-order valence-corrected chi connectivity index (χ3v) is 6.73. The van der Waals surface area contributed by atoms with E-state index < -0.39 is 24.1 Å². The van der Waals surface area contributed by atoms with Crippen molar-refractivity contribution in [2.75, 3.05) is 43.4 Å². The van der Waals surface area contributed by atoms with E-state index in [1.54, 1.807) is 11.3 Å². The minimum Gasteiger partial charge on any atom is -0.479 e. The molecule has 1 fully saturated rings. The van der Waals surface area contributed by atoms with E-state index in [1.807, 2.05) is 30.3 Å². The molecule has 0 radical (unpaired) electrons. The molecular formula is C25H29FN4O6S. The highest BCUT2D eigenvalue weighted by molar-refractivity contribution is 7.15. The summed E-state index contributed by atoms with van der Waals surface area (Å²) in [5, 5.41) is 33.2. The number of aliphatic hydroxyl groups is 2. The summed E-state index contributed by atoms with van der Waals surface area (Å²) in [7, 11) is 0. The largest absolute Gasteiger partial charge is 0.479 e. The van der Waals surface area contributed by atoms with Crippen LogP contribution in [0, 0.1) is 5.82 Å². The van der Waals surface area contributed by atoms with Crippen molar-refractivity contribution in [3.05, 3.63) is 65.3 Å². The maximum atomic E-state index is 13.1. The van der Waals surface area contributed by atoms with E-state index >= 15 is 0 Å². The number of nitrogens with two attached hydrogens (primary N) is 1. The fourth-order valence-electron chi connectivity index (χ4n) is 3.77. The number of nitrogen functional groups attached to an aromatic ring is 1. The Balaban J connectivity index is 0.000000325. The first kappa shape index (κ1) is 28.0. The molecule has 12 heteroatoms. The van der Waals surface area contributed by atoms with E-state index in [4.69, 9.17) is 26.2 Å². The number of thiazole rings is 1. The maximum absolute atomic E-state index is 13.1. The zero-order valence-corrected chi connectivity index (χ0v) is 20.7. The molecule has 0 saturated carbocycles.